The number of rotatable bonds is 8. The van der Waals surface area contributed by atoms with Crippen LogP contribution in [-0.4, -0.2) is 36.3 Å². The van der Waals surface area contributed by atoms with E-state index in [9.17, 15) is 14.4 Å². The molecule has 0 spiro atoms. The third-order valence-electron chi connectivity index (χ3n) is 4.48. The highest BCUT2D eigenvalue weighted by molar-refractivity contribution is 5.83. The number of nitrogens with one attached hydrogen (secondary N) is 1. The second kappa shape index (κ2) is 10.3. The number of aryl methyl sites for hydroxylation is 1. The maximum atomic E-state index is 13.0. The molecule has 28 heavy (non-hydrogen) atoms. The number of amides is 2. The smallest absolute Gasteiger partial charge is 0.325 e. The van der Waals surface area contributed by atoms with Gasteiger partial charge in [-0.05, 0) is 23.6 Å². The van der Waals surface area contributed by atoms with Gasteiger partial charge in [0.05, 0.1) is 19.6 Å². The number of ether oxygens (including phenoxy) is 1. The van der Waals surface area contributed by atoms with Crippen molar-refractivity contribution in [3.05, 3.63) is 71.3 Å². The summed E-state index contributed by atoms with van der Waals surface area (Å²) in [5, 5.41) is 2.82. The fourth-order valence-electron chi connectivity index (χ4n) is 2.93. The Labute approximate surface area is 165 Å². The summed E-state index contributed by atoms with van der Waals surface area (Å²) in [5.74, 6) is -0.950. The molecule has 0 bridgehead atoms. The average Bonchev–Trinajstić information content (AvgIpc) is 2.68. The van der Waals surface area contributed by atoms with Crippen molar-refractivity contribution in [3.8, 4) is 0 Å². The van der Waals surface area contributed by atoms with Gasteiger partial charge in [-0.25, -0.2) is 0 Å². The number of methoxy groups -OCH3 is 1. The lowest BCUT2D eigenvalue weighted by atomic mass is 10.0. The van der Waals surface area contributed by atoms with Gasteiger partial charge in [-0.2, -0.15) is 0 Å². The maximum Gasteiger partial charge on any atom is 0.325 e. The van der Waals surface area contributed by atoms with Crippen LogP contribution in [0, 0.1) is 6.92 Å². The molecular formula is C22H26N2O4. The van der Waals surface area contributed by atoms with Gasteiger partial charge in [-0.3, -0.25) is 14.4 Å². The van der Waals surface area contributed by atoms with E-state index in [2.05, 4.69) is 5.32 Å². The Morgan fingerprint density at radius 3 is 2.29 bits per heavy atom. The maximum absolute atomic E-state index is 13.0. The van der Waals surface area contributed by atoms with Crippen molar-refractivity contribution in [2.45, 2.75) is 32.9 Å². The van der Waals surface area contributed by atoms with Gasteiger partial charge < -0.3 is 15.0 Å². The number of hydrogen-bond acceptors (Lipinski definition) is 4. The van der Waals surface area contributed by atoms with E-state index in [0.717, 1.165) is 16.7 Å². The molecule has 1 N–H and O–H groups in total. The molecule has 0 aliphatic heterocycles. The minimum absolute atomic E-state index is 0.0481. The Morgan fingerprint density at radius 1 is 1.04 bits per heavy atom. The number of nitrogens with zero attached hydrogens (tertiary/aromatic N) is 1. The topological polar surface area (TPSA) is 75.7 Å². The summed E-state index contributed by atoms with van der Waals surface area (Å²) in [7, 11) is 1.29. The zero-order valence-corrected chi connectivity index (χ0v) is 16.5. The van der Waals surface area contributed by atoms with Crippen molar-refractivity contribution >= 4 is 17.8 Å². The van der Waals surface area contributed by atoms with Crippen LogP contribution >= 0.6 is 0 Å². The molecule has 6 nitrogen and oxygen atoms in total. The van der Waals surface area contributed by atoms with Crippen LogP contribution < -0.4 is 5.32 Å². The van der Waals surface area contributed by atoms with Crippen molar-refractivity contribution in [3.63, 3.8) is 0 Å². The summed E-state index contributed by atoms with van der Waals surface area (Å²) >= 11 is 0. The van der Waals surface area contributed by atoms with E-state index in [1.165, 1.54) is 18.9 Å². The standard InChI is InChI=1S/C22H26N2O4/c1-16-9-7-8-12-19(16)14-24(15-22(27)28-3)21(26)13-20(23-17(2)25)18-10-5-4-6-11-18/h4-12,20H,13-15H2,1-3H3,(H,23,25). The van der Waals surface area contributed by atoms with Crippen molar-refractivity contribution in [2.75, 3.05) is 13.7 Å². The molecule has 0 fully saturated rings. The van der Waals surface area contributed by atoms with E-state index in [4.69, 9.17) is 4.74 Å². The van der Waals surface area contributed by atoms with Crippen LogP contribution in [0.5, 0.6) is 0 Å². The summed E-state index contributed by atoms with van der Waals surface area (Å²) in [6, 6.07) is 16.5. The first-order valence-electron chi connectivity index (χ1n) is 9.12. The van der Waals surface area contributed by atoms with Gasteiger partial charge in [0, 0.05) is 13.5 Å². The lowest BCUT2D eigenvalue weighted by Crippen LogP contribution is -2.38. The van der Waals surface area contributed by atoms with Crippen LogP contribution in [0.1, 0.15) is 36.1 Å². The Bertz CT molecular complexity index is 820. The van der Waals surface area contributed by atoms with Crippen molar-refractivity contribution < 1.29 is 19.1 Å². The number of benzene rings is 2. The van der Waals surface area contributed by atoms with Gasteiger partial charge in [0.15, 0.2) is 0 Å². The van der Waals surface area contributed by atoms with Gasteiger partial charge in [-0.15, -0.1) is 0 Å². The van der Waals surface area contributed by atoms with E-state index >= 15 is 0 Å². The van der Waals surface area contributed by atoms with Crippen LogP contribution in [-0.2, 0) is 25.7 Å². The highest BCUT2D eigenvalue weighted by Gasteiger charge is 2.24. The van der Waals surface area contributed by atoms with Gasteiger partial charge in [0.1, 0.15) is 6.54 Å². The summed E-state index contributed by atoms with van der Waals surface area (Å²) in [6.07, 6.45) is 0.0481. The molecule has 148 valence electrons. The molecule has 2 aromatic rings. The molecule has 1 unspecified atom stereocenters. The van der Waals surface area contributed by atoms with Gasteiger partial charge >= 0.3 is 5.97 Å². The van der Waals surface area contributed by atoms with E-state index in [1.54, 1.807) is 0 Å². The Hall–Kier alpha value is -3.15. The van der Waals surface area contributed by atoms with Crippen LogP contribution in [0.15, 0.2) is 54.6 Å². The number of carbonyl (C=O) groups excluding carboxylic acids is 3. The number of hydrogen-bond donors (Lipinski definition) is 1. The van der Waals surface area contributed by atoms with E-state index in [1.807, 2.05) is 61.5 Å². The lowest BCUT2D eigenvalue weighted by Gasteiger charge is -2.25. The van der Waals surface area contributed by atoms with Crippen LogP contribution in [0.2, 0.25) is 0 Å². The zero-order valence-electron chi connectivity index (χ0n) is 16.5. The van der Waals surface area contributed by atoms with Gasteiger partial charge in [-0.1, -0.05) is 54.6 Å². The molecule has 2 rings (SSSR count). The van der Waals surface area contributed by atoms with Crippen molar-refractivity contribution in [1.82, 2.24) is 10.2 Å². The fourth-order valence-corrected chi connectivity index (χ4v) is 2.93. The van der Waals surface area contributed by atoms with E-state index in [0.29, 0.717) is 6.54 Å². The van der Waals surface area contributed by atoms with Crippen molar-refractivity contribution in [2.24, 2.45) is 0 Å². The molecule has 2 amide bonds. The highest BCUT2D eigenvalue weighted by atomic mass is 16.5. The molecule has 0 aliphatic rings. The highest BCUT2D eigenvalue weighted by Crippen LogP contribution is 2.19. The first kappa shape index (κ1) is 21.2. The summed E-state index contributed by atoms with van der Waals surface area (Å²) < 4.78 is 4.75. The fraction of sp³-hybridized carbons (Fsp3) is 0.318. The molecule has 2 aromatic carbocycles. The second-order valence-electron chi connectivity index (χ2n) is 6.62. The summed E-state index contributed by atoms with van der Waals surface area (Å²) in [6.45, 7) is 3.52. The summed E-state index contributed by atoms with van der Waals surface area (Å²) in [5.41, 5.74) is 2.82. The second-order valence-corrected chi connectivity index (χ2v) is 6.62. The molecule has 0 saturated heterocycles. The molecule has 0 heterocycles. The molecule has 1 atom stereocenters. The molecular weight excluding hydrogens is 356 g/mol. The molecule has 0 radical (unpaired) electrons. The monoisotopic (exact) mass is 382 g/mol. The SMILES string of the molecule is COC(=O)CN(Cc1ccccc1C)C(=O)CC(NC(C)=O)c1ccccc1. The van der Waals surface area contributed by atoms with E-state index in [-0.39, 0.29) is 24.8 Å². The Kier molecular flexibility index (Phi) is 7.75. The minimum Gasteiger partial charge on any atom is -0.468 e. The van der Waals surface area contributed by atoms with E-state index < -0.39 is 12.0 Å². The van der Waals surface area contributed by atoms with Crippen LogP contribution in [0.25, 0.3) is 0 Å². The number of esters is 1. The summed E-state index contributed by atoms with van der Waals surface area (Å²) in [4.78, 5) is 38.0. The average molecular weight is 382 g/mol. The lowest BCUT2D eigenvalue weighted by molar-refractivity contribution is -0.147. The molecule has 0 aliphatic carbocycles. The van der Waals surface area contributed by atoms with Gasteiger partial charge in [0.2, 0.25) is 11.8 Å². The Morgan fingerprint density at radius 2 is 1.68 bits per heavy atom. The zero-order chi connectivity index (χ0) is 20.5. The van der Waals surface area contributed by atoms with Crippen LogP contribution in [0.3, 0.4) is 0 Å². The minimum atomic E-state index is -0.488. The first-order chi connectivity index (χ1) is 13.4. The normalized spacial score (nSPS) is 11.4. The Balaban J connectivity index is 2.22. The van der Waals surface area contributed by atoms with Gasteiger partial charge in [0.25, 0.3) is 0 Å². The third kappa shape index (κ3) is 6.23. The predicted molar refractivity (Wildman–Crippen MR) is 106 cm³/mol. The number of carbonyl (C=O) groups is 3. The first-order valence-corrected chi connectivity index (χ1v) is 9.12. The van der Waals surface area contributed by atoms with Crippen molar-refractivity contribution in [1.29, 1.82) is 0 Å². The van der Waals surface area contributed by atoms with Crippen LogP contribution in [0.4, 0.5) is 0 Å². The predicted octanol–water partition coefficient (Wildman–Crippen LogP) is 2.76. The largest absolute Gasteiger partial charge is 0.468 e. The third-order valence-corrected chi connectivity index (χ3v) is 4.48. The quantitative estimate of drug-likeness (QED) is 0.713. The molecule has 0 saturated carbocycles. The molecule has 6 heteroatoms. The molecule has 0 aromatic heterocycles.